The molecule has 0 bridgehead atoms. The van der Waals surface area contributed by atoms with Crippen LogP contribution < -0.4 is 15.5 Å². The average molecular weight is 457 g/mol. The summed E-state index contributed by atoms with van der Waals surface area (Å²) in [4.78, 5) is 7.39. The third-order valence-electron chi connectivity index (χ3n) is 6.28. The van der Waals surface area contributed by atoms with Crippen molar-refractivity contribution in [2.45, 2.75) is 39.8 Å². The maximum Gasteiger partial charge on any atom is 0.192 e. The molecular formula is C26H32N8. The van der Waals surface area contributed by atoms with Crippen molar-refractivity contribution in [3.05, 3.63) is 59.8 Å². The summed E-state index contributed by atoms with van der Waals surface area (Å²) in [6.07, 6.45) is 1.13. The zero-order chi connectivity index (χ0) is 23.5. The van der Waals surface area contributed by atoms with Crippen molar-refractivity contribution in [3.8, 4) is 11.4 Å². The molecule has 1 aliphatic rings. The van der Waals surface area contributed by atoms with Gasteiger partial charge in [0.05, 0.1) is 5.52 Å². The summed E-state index contributed by atoms with van der Waals surface area (Å²) in [6.45, 7) is 9.94. The quantitative estimate of drug-likeness (QED) is 0.384. The fraction of sp³-hybridized carbons (Fsp3) is 0.385. The van der Waals surface area contributed by atoms with Crippen LogP contribution in [0.2, 0.25) is 0 Å². The molecule has 1 saturated heterocycles. The number of aryl methyl sites for hydroxylation is 1. The zero-order valence-electron chi connectivity index (χ0n) is 20.0. The van der Waals surface area contributed by atoms with Crippen LogP contribution in [0.5, 0.6) is 0 Å². The van der Waals surface area contributed by atoms with E-state index in [0.29, 0.717) is 24.3 Å². The molecule has 1 aliphatic heterocycles. The van der Waals surface area contributed by atoms with Crippen LogP contribution in [-0.4, -0.2) is 51.1 Å². The largest absolute Gasteiger partial charge is 0.361 e. The normalized spacial score (nSPS) is 16.4. The van der Waals surface area contributed by atoms with E-state index >= 15 is 0 Å². The summed E-state index contributed by atoms with van der Waals surface area (Å²) in [5.74, 6) is 2.84. The maximum atomic E-state index is 5.04. The zero-order valence-corrected chi connectivity index (χ0v) is 20.0. The number of hydrogen-bond donors (Lipinski definition) is 3. The molecule has 0 saturated carbocycles. The Balaban J connectivity index is 1.48. The Labute approximate surface area is 200 Å². The highest BCUT2D eigenvalue weighted by Crippen LogP contribution is 2.28. The molecule has 0 aliphatic carbocycles. The lowest BCUT2D eigenvalue weighted by atomic mass is 10.0. The van der Waals surface area contributed by atoms with Crippen LogP contribution in [0, 0.1) is 12.8 Å². The van der Waals surface area contributed by atoms with E-state index in [1.54, 1.807) is 0 Å². The van der Waals surface area contributed by atoms with E-state index in [0.717, 1.165) is 59.9 Å². The smallest absolute Gasteiger partial charge is 0.192 e. The van der Waals surface area contributed by atoms with Gasteiger partial charge in [0.1, 0.15) is 0 Å². The van der Waals surface area contributed by atoms with Gasteiger partial charge in [0, 0.05) is 48.9 Å². The number of nitrogens with one attached hydrogen (secondary N) is 3. The summed E-state index contributed by atoms with van der Waals surface area (Å²) in [6, 6.07) is 16.9. The first-order valence-corrected chi connectivity index (χ1v) is 12.0. The Morgan fingerprint density at radius 2 is 1.97 bits per heavy atom. The van der Waals surface area contributed by atoms with Gasteiger partial charge < -0.3 is 15.5 Å². The van der Waals surface area contributed by atoms with E-state index < -0.39 is 0 Å². The molecule has 3 N–H and O–H groups in total. The lowest BCUT2D eigenvalue weighted by molar-refractivity contribution is 0.387. The SMILES string of the molecule is Cc1[nH]nc2ccc(-c3nnc(NCc4ccccc4)c(N4CCNC(CC(C)C)C4)n3)cc12. The van der Waals surface area contributed by atoms with Gasteiger partial charge in [-0.2, -0.15) is 5.10 Å². The number of hydrogen-bond acceptors (Lipinski definition) is 7. The summed E-state index contributed by atoms with van der Waals surface area (Å²) in [7, 11) is 0. The summed E-state index contributed by atoms with van der Waals surface area (Å²) in [5, 5.41) is 24.7. The Morgan fingerprint density at radius 3 is 2.79 bits per heavy atom. The molecular weight excluding hydrogens is 424 g/mol. The highest BCUT2D eigenvalue weighted by molar-refractivity contribution is 5.85. The monoisotopic (exact) mass is 456 g/mol. The predicted octanol–water partition coefficient (Wildman–Crippen LogP) is 4.16. The van der Waals surface area contributed by atoms with Crippen LogP contribution in [0.25, 0.3) is 22.3 Å². The Bertz CT molecular complexity index is 1250. The van der Waals surface area contributed by atoms with Crippen LogP contribution >= 0.6 is 0 Å². The number of aromatic nitrogens is 5. The van der Waals surface area contributed by atoms with Crippen molar-refractivity contribution in [1.29, 1.82) is 0 Å². The van der Waals surface area contributed by atoms with Gasteiger partial charge >= 0.3 is 0 Å². The van der Waals surface area contributed by atoms with E-state index in [9.17, 15) is 0 Å². The molecule has 34 heavy (non-hydrogen) atoms. The molecule has 1 atom stereocenters. The summed E-state index contributed by atoms with van der Waals surface area (Å²) < 4.78 is 0. The van der Waals surface area contributed by atoms with E-state index in [2.05, 4.69) is 68.0 Å². The van der Waals surface area contributed by atoms with Gasteiger partial charge in [0.25, 0.3) is 0 Å². The Kier molecular flexibility index (Phi) is 6.40. The maximum absolute atomic E-state index is 5.04. The third kappa shape index (κ3) is 4.87. The molecule has 8 heteroatoms. The predicted molar refractivity (Wildman–Crippen MR) is 137 cm³/mol. The average Bonchev–Trinajstić information content (AvgIpc) is 3.23. The lowest BCUT2D eigenvalue weighted by Crippen LogP contribution is -2.51. The molecule has 176 valence electrons. The van der Waals surface area contributed by atoms with Crippen LogP contribution in [0.4, 0.5) is 11.6 Å². The molecule has 8 nitrogen and oxygen atoms in total. The molecule has 0 radical (unpaired) electrons. The molecule has 2 aromatic heterocycles. The highest BCUT2D eigenvalue weighted by atomic mass is 15.3. The van der Waals surface area contributed by atoms with Crippen molar-refractivity contribution in [3.63, 3.8) is 0 Å². The molecule has 5 rings (SSSR count). The van der Waals surface area contributed by atoms with Crippen LogP contribution in [0.3, 0.4) is 0 Å². The van der Waals surface area contributed by atoms with E-state index in [1.165, 1.54) is 5.56 Å². The first-order chi connectivity index (χ1) is 16.6. The number of benzene rings is 2. The Morgan fingerprint density at radius 1 is 1.12 bits per heavy atom. The lowest BCUT2D eigenvalue weighted by Gasteiger charge is -2.35. The number of H-pyrrole nitrogens is 1. The molecule has 1 unspecified atom stereocenters. The molecule has 0 amide bonds. The molecule has 1 fully saturated rings. The van der Waals surface area contributed by atoms with Crippen molar-refractivity contribution in [1.82, 2.24) is 30.7 Å². The van der Waals surface area contributed by atoms with Gasteiger partial charge in [-0.25, -0.2) is 4.98 Å². The first kappa shape index (κ1) is 22.3. The van der Waals surface area contributed by atoms with Crippen molar-refractivity contribution < 1.29 is 0 Å². The van der Waals surface area contributed by atoms with Gasteiger partial charge in [-0.15, -0.1) is 10.2 Å². The second-order valence-corrected chi connectivity index (χ2v) is 9.45. The van der Waals surface area contributed by atoms with Crippen molar-refractivity contribution >= 4 is 22.5 Å². The fourth-order valence-corrected chi connectivity index (χ4v) is 4.58. The van der Waals surface area contributed by atoms with Crippen LogP contribution in [0.1, 0.15) is 31.5 Å². The number of piperazine rings is 1. The first-order valence-electron chi connectivity index (χ1n) is 12.0. The molecule has 3 heterocycles. The van der Waals surface area contributed by atoms with Gasteiger partial charge in [0.2, 0.25) is 0 Å². The number of nitrogens with zero attached hydrogens (tertiary/aromatic N) is 5. The standard InChI is InChI=1S/C26H32N8/c1-17(2)13-21-16-34(12-11-27-21)26-25(28-15-19-7-5-4-6-8-19)33-32-24(29-26)20-9-10-23-22(14-20)18(3)30-31-23/h4-10,14,17,21,27H,11-13,15-16H2,1-3H3,(H,28,33)(H,30,31). The van der Waals surface area contributed by atoms with E-state index in [4.69, 9.17) is 4.98 Å². The van der Waals surface area contributed by atoms with Crippen molar-refractivity contribution in [2.75, 3.05) is 29.9 Å². The summed E-state index contributed by atoms with van der Waals surface area (Å²) >= 11 is 0. The number of fused-ring (bicyclic) bond motifs is 1. The number of aromatic amines is 1. The molecule has 2 aromatic carbocycles. The van der Waals surface area contributed by atoms with Gasteiger partial charge in [0.15, 0.2) is 17.5 Å². The minimum Gasteiger partial charge on any atom is -0.361 e. The minimum atomic E-state index is 0.430. The third-order valence-corrected chi connectivity index (χ3v) is 6.28. The number of anilines is 2. The van der Waals surface area contributed by atoms with Gasteiger partial charge in [-0.3, -0.25) is 5.10 Å². The highest BCUT2D eigenvalue weighted by Gasteiger charge is 2.25. The van der Waals surface area contributed by atoms with Crippen molar-refractivity contribution in [2.24, 2.45) is 5.92 Å². The topological polar surface area (TPSA) is 94.6 Å². The second kappa shape index (κ2) is 9.77. The van der Waals surface area contributed by atoms with E-state index in [-0.39, 0.29) is 0 Å². The minimum absolute atomic E-state index is 0.430. The fourth-order valence-electron chi connectivity index (χ4n) is 4.58. The second-order valence-electron chi connectivity index (χ2n) is 9.45. The van der Waals surface area contributed by atoms with Gasteiger partial charge in [-0.1, -0.05) is 44.2 Å². The summed E-state index contributed by atoms with van der Waals surface area (Å²) in [5.41, 5.74) is 4.10. The van der Waals surface area contributed by atoms with Crippen LogP contribution in [0.15, 0.2) is 48.5 Å². The van der Waals surface area contributed by atoms with Crippen LogP contribution in [-0.2, 0) is 6.54 Å². The van der Waals surface area contributed by atoms with Gasteiger partial charge in [-0.05, 0) is 43.0 Å². The Hall–Kier alpha value is -3.52. The number of rotatable bonds is 7. The molecule has 0 spiro atoms. The van der Waals surface area contributed by atoms with E-state index in [1.807, 2.05) is 37.3 Å². The molecule has 4 aromatic rings.